The van der Waals surface area contributed by atoms with Gasteiger partial charge in [-0.15, -0.1) is 0 Å². The van der Waals surface area contributed by atoms with Crippen LogP contribution in [0.15, 0.2) is 51.4 Å². The number of fused-ring (bicyclic) bond motifs is 1. The van der Waals surface area contributed by atoms with Crippen molar-refractivity contribution in [1.29, 1.82) is 0 Å². The molecule has 0 aliphatic carbocycles. The Hall–Kier alpha value is -2.80. The number of esters is 1. The molecule has 2 aromatic carbocycles. The average molecular weight is 418 g/mol. The predicted molar refractivity (Wildman–Crippen MR) is 99.4 cm³/mol. The van der Waals surface area contributed by atoms with Gasteiger partial charge in [0.25, 0.3) is 5.91 Å². The molecular weight excluding hydrogens is 402 g/mol. The van der Waals surface area contributed by atoms with Crippen LogP contribution in [0.3, 0.4) is 0 Å². The second-order valence-corrected chi connectivity index (χ2v) is 6.42. The van der Waals surface area contributed by atoms with E-state index in [2.05, 4.69) is 21.2 Å². The lowest BCUT2D eigenvalue weighted by molar-refractivity contribution is 0.0597. The number of hydrogen-bond donors (Lipinski definition) is 1. The van der Waals surface area contributed by atoms with Crippen molar-refractivity contribution in [3.05, 3.63) is 63.8 Å². The summed E-state index contributed by atoms with van der Waals surface area (Å²) in [6.45, 7) is 0.230. The number of hydrogen-bond acceptors (Lipinski definition) is 5. The van der Waals surface area contributed by atoms with E-state index in [0.717, 1.165) is 15.4 Å². The Morgan fingerprint density at radius 2 is 1.92 bits per heavy atom. The molecule has 0 saturated heterocycles. The van der Waals surface area contributed by atoms with Gasteiger partial charge in [0.15, 0.2) is 5.76 Å². The number of rotatable bonds is 5. The molecule has 1 amide bonds. The maximum absolute atomic E-state index is 12.3. The Morgan fingerprint density at radius 3 is 2.65 bits per heavy atom. The van der Waals surface area contributed by atoms with Gasteiger partial charge in [-0.3, -0.25) is 4.79 Å². The Kier molecular flexibility index (Phi) is 5.27. The number of ether oxygens (including phenoxy) is 2. The summed E-state index contributed by atoms with van der Waals surface area (Å²) < 4.78 is 16.4. The predicted octanol–water partition coefficient (Wildman–Crippen LogP) is 3.92. The van der Waals surface area contributed by atoms with Gasteiger partial charge in [-0.2, -0.15) is 0 Å². The smallest absolute Gasteiger partial charge is 0.341 e. The van der Waals surface area contributed by atoms with Gasteiger partial charge in [0, 0.05) is 16.4 Å². The molecule has 0 bridgehead atoms. The first-order valence-corrected chi connectivity index (χ1v) is 8.53. The largest absolute Gasteiger partial charge is 0.496 e. The maximum Gasteiger partial charge on any atom is 0.341 e. The molecule has 1 heterocycles. The van der Waals surface area contributed by atoms with E-state index in [1.165, 1.54) is 14.2 Å². The number of methoxy groups -OCH3 is 2. The zero-order valence-electron chi connectivity index (χ0n) is 14.2. The molecule has 0 aliphatic heterocycles. The summed E-state index contributed by atoms with van der Waals surface area (Å²) in [4.78, 5) is 24.2. The van der Waals surface area contributed by atoms with Crippen LogP contribution in [0.2, 0.25) is 0 Å². The minimum Gasteiger partial charge on any atom is -0.496 e. The summed E-state index contributed by atoms with van der Waals surface area (Å²) in [6, 6.07) is 12.3. The molecule has 0 spiro atoms. The maximum atomic E-state index is 12.3. The number of carbonyl (C=O) groups is 2. The molecule has 0 saturated carbocycles. The molecule has 6 nitrogen and oxygen atoms in total. The molecule has 1 N–H and O–H groups in total. The normalized spacial score (nSPS) is 10.6. The van der Waals surface area contributed by atoms with Gasteiger partial charge in [0.2, 0.25) is 0 Å². The number of carbonyl (C=O) groups excluding carboxylic acids is 2. The van der Waals surface area contributed by atoms with E-state index in [1.807, 2.05) is 12.1 Å². The fourth-order valence-corrected chi connectivity index (χ4v) is 2.91. The highest BCUT2D eigenvalue weighted by molar-refractivity contribution is 9.10. The molecular formula is C19H16BrNO5. The summed E-state index contributed by atoms with van der Waals surface area (Å²) in [5, 5.41) is 3.61. The summed E-state index contributed by atoms with van der Waals surface area (Å²) in [5.41, 5.74) is 1.67. The quantitative estimate of drug-likeness (QED) is 0.636. The highest BCUT2D eigenvalue weighted by Crippen LogP contribution is 2.24. The average Bonchev–Trinajstić information content (AvgIpc) is 3.08. The van der Waals surface area contributed by atoms with Crippen molar-refractivity contribution < 1.29 is 23.5 Å². The van der Waals surface area contributed by atoms with Gasteiger partial charge in [0.1, 0.15) is 16.9 Å². The van der Waals surface area contributed by atoms with Crippen LogP contribution in [0, 0.1) is 0 Å². The lowest BCUT2D eigenvalue weighted by Crippen LogP contribution is -2.22. The van der Waals surface area contributed by atoms with Gasteiger partial charge < -0.3 is 19.2 Å². The van der Waals surface area contributed by atoms with E-state index < -0.39 is 5.97 Å². The fourth-order valence-electron chi connectivity index (χ4n) is 2.53. The lowest BCUT2D eigenvalue weighted by atomic mass is 10.1. The number of benzene rings is 2. The van der Waals surface area contributed by atoms with Crippen molar-refractivity contribution >= 4 is 38.8 Å². The zero-order chi connectivity index (χ0) is 18.7. The van der Waals surface area contributed by atoms with Crippen molar-refractivity contribution in [2.45, 2.75) is 6.54 Å². The van der Waals surface area contributed by atoms with E-state index in [9.17, 15) is 9.59 Å². The van der Waals surface area contributed by atoms with E-state index in [4.69, 9.17) is 13.9 Å². The third-order valence-corrected chi connectivity index (χ3v) is 4.32. The molecule has 0 aliphatic rings. The van der Waals surface area contributed by atoms with Crippen LogP contribution in [-0.4, -0.2) is 26.1 Å². The standard InChI is InChI=1S/C19H16BrNO5/c1-24-16-5-3-11(7-14(16)19(23)25-2)10-21-18(22)17-9-12-8-13(20)4-6-15(12)26-17/h3-9H,10H2,1-2H3,(H,21,22). The third-order valence-electron chi connectivity index (χ3n) is 3.82. The van der Waals surface area contributed by atoms with Crippen LogP contribution >= 0.6 is 15.9 Å². The van der Waals surface area contributed by atoms with Gasteiger partial charge >= 0.3 is 5.97 Å². The first kappa shape index (κ1) is 18.0. The van der Waals surface area contributed by atoms with Crippen molar-refractivity contribution in [2.75, 3.05) is 14.2 Å². The Bertz CT molecular complexity index is 979. The van der Waals surface area contributed by atoms with E-state index in [-0.39, 0.29) is 18.2 Å². The monoisotopic (exact) mass is 417 g/mol. The van der Waals surface area contributed by atoms with Crippen LogP contribution in [0.4, 0.5) is 0 Å². The first-order chi connectivity index (χ1) is 12.5. The highest BCUT2D eigenvalue weighted by atomic mass is 79.9. The van der Waals surface area contributed by atoms with Crippen LogP contribution < -0.4 is 10.1 Å². The van der Waals surface area contributed by atoms with Crippen molar-refractivity contribution in [1.82, 2.24) is 5.32 Å². The van der Waals surface area contributed by atoms with Gasteiger partial charge in [-0.05, 0) is 42.0 Å². The number of amides is 1. The van der Waals surface area contributed by atoms with Crippen LogP contribution in [0.5, 0.6) is 5.75 Å². The Balaban J connectivity index is 1.75. The first-order valence-electron chi connectivity index (χ1n) is 7.74. The minimum absolute atomic E-state index is 0.222. The molecule has 1 aromatic heterocycles. The number of halogens is 1. The van der Waals surface area contributed by atoms with Crippen LogP contribution in [-0.2, 0) is 11.3 Å². The van der Waals surface area contributed by atoms with Crippen molar-refractivity contribution in [3.8, 4) is 5.75 Å². The van der Waals surface area contributed by atoms with Crippen LogP contribution in [0.25, 0.3) is 11.0 Å². The fraction of sp³-hybridized carbons (Fsp3) is 0.158. The third kappa shape index (κ3) is 3.72. The lowest BCUT2D eigenvalue weighted by Gasteiger charge is -2.09. The zero-order valence-corrected chi connectivity index (χ0v) is 15.8. The summed E-state index contributed by atoms with van der Waals surface area (Å²) >= 11 is 3.39. The summed E-state index contributed by atoms with van der Waals surface area (Å²) in [7, 11) is 2.78. The van der Waals surface area contributed by atoms with Gasteiger partial charge in [-0.25, -0.2) is 4.79 Å². The Morgan fingerprint density at radius 1 is 1.12 bits per heavy atom. The van der Waals surface area contributed by atoms with Crippen LogP contribution in [0.1, 0.15) is 26.5 Å². The second kappa shape index (κ2) is 7.61. The van der Waals surface area contributed by atoms with Gasteiger partial charge in [-0.1, -0.05) is 22.0 Å². The Labute approximate surface area is 158 Å². The van der Waals surface area contributed by atoms with E-state index in [0.29, 0.717) is 16.9 Å². The van der Waals surface area contributed by atoms with E-state index >= 15 is 0 Å². The van der Waals surface area contributed by atoms with Crippen molar-refractivity contribution in [3.63, 3.8) is 0 Å². The molecule has 3 rings (SSSR count). The molecule has 0 fully saturated rings. The molecule has 0 unspecified atom stereocenters. The molecule has 26 heavy (non-hydrogen) atoms. The van der Waals surface area contributed by atoms with Crippen molar-refractivity contribution in [2.24, 2.45) is 0 Å². The van der Waals surface area contributed by atoms with Gasteiger partial charge in [0.05, 0.1) is 14.2 Å². The highest BCUT2D eigenvalue weighted by Gasteiger charge is 2.15. The number of furan rings is 1. The molecule has 7 heteroatoms. The topological polar surface area (TPSA) is 77.8 Å². The molecule has 3 aromatic rings. The summed E-state index contributed by atoms with van der Waals surface area (Å²) in [5.74, 6) is -0.208. The summed E-state index contributed by atoms with van der Waals surface area (Å²) in [6.07, 6.45) is 0. The number of nitrogens with one attached hydrogen (secondary N) is 1. The molecule has 0 radical (unpaired) electrons. The van der Waals surface area contributed by atoms with E-state index in [1.54, 1.807) is 30.3 Å². The second-order valence-electron chi connectivity index (χ2n) is 5.50. The SMILES string of the molecule is COC(=O)c1cc(CNC(=O)c2cc3cc(Br)ccc3o2)ccc1OC. The molecule has 0 atom stereocenters. The minimum atomic E-state index is -0.502. The molecule has 134 valence electrons.